The van der Waals surface area contributed by atoms with Gasteiger partial charge in [0.1, 0.15) is 5.75 Å². The quantitative estimate of drug-likeness (QED) is 0.816. The van der Waals surface area contributed by atoms with Gasteiger partial charge in [-0.3, -0.25) is 4.79 Å². The van der Waals surface area contributed by atoms with Crippen LogP contribution in [0.1, 0.15) is 23.6 Å². The fourth-order valence-electron chi connectivity index (χ4n) is 1.81. The van der Waals surface area contributed by atoms with Gasteiger partial charge in [0.05, 0.1) is 0 Å². The molecule has 0 aliphatic carbocycles. The first kappa shape index (κ1) is 15.0. The van der Waals surface area contributed by atoms with Crippen LogP contribution in [0.15, 0.2) is 12.1 Å². The zero-order chi connectivity index (χ0) is 14.6. The third kappa shape index (κ3) is 4.28. The van der Waals surface area contributed by atoms with E-state index < -0.39 is 18.0 Å². The summed E-state index contributed by atoms with van der Waals surface area (Å²) in [5.74, 6) is -0.643. The van der Waals surface area contributed by atoms with Crippen molar-refractivity contribution >= 4 is 11.9 Å². The number of aryl methyl sites for hydroxylation is 3. The average molecular weight is 265 g/mol. The zero-order valence-electron chi connectivity index (χ0n) is 11.6. The summed E-state index contributed by atoms with van der Waals surface area (Å²) in [4.78, 5) is 22.2. The first-order chi connectivity index (χ1) is 8.81. The summed E-state index contributed by atoms with van der Waals surface area (Å²) in [6.07, 6.45) is -0.948. The third-order valence-corrected chi connectivity index (χ3v) is 2.65. The predicted molar refractivity (Wildman–Crippen MR) is 70.9 cm³/mol. The Kier molecular flexibility index (Phi) is 4.92. The monoisotopic (exact) mass is 265 g/mol. The normalized spacial score (nSPS) is 11.8. The lowest BCUT2D eigenvalue weighted by molar-refractivity contribution is -0.155. The molecule has 0 saturated carbocycles. The fourth-order valence-corrected chi connectivity index (χ4v) is 1.81. The molecule has 0 spiro atoms. The molecular weight excluding hydrogens is 246 g/mol. The van der Waals surface area contributed by atoms with Gasteiger partial charge in [-0.25, -0.2) is 4.79 Å². The number of rotatable bonds is 5. The largest absolute Gasteiger partial charge is 0.481 e. The molecule has 1 rings (SSSR count). The van der Waals surface area contributed by atoms with E-state index in [4.69, 9.17) is 15.2 Å². The molecule has 0 unspecified atom stereocenters. The highest BCUT2D eigenvalue weighted by Gasteiger charge is 2.15. The molecule has 19 heavy (non-hydrogen) atoms. The van der Waals surface area contributed by atoms with Gasteiger partial charge in [-0.1, -0.05) is 17.7 Å². The topological polar surface area (TPSA) is 78.6 Å². The van der Waals surface area contributed by atoms with Crippen molar-refractivity contribution in [3.63, 3.8) is 0 Å². The Bertz CT molecular complexity index is 473. The second-order valence-electron chi connectivity index (χ2n) is 4.55. The molecule has 0 aliphatic rings. The van der Waals surface area contributed by atoms with Crippen molar-refractivity contribution in [2.75, 3.05) is 6.61 Å². The minimum Gasteiger partial charge on any atom is -0.481 e. The molecule has 5 heteroatoms. The van der Waals surface area contributed by atoms with Crippen molar-refractivity contribution in [1.82, 2.24) is 0 Å². The van der Waals surface area contributed by atoms with E-state index >= 15 is 0 Å². The maximum Gasteiger partial charge on any atom is 0.344 e. The number of benzene rings is 1. The van der Waals surface area contributed by atoms with Crippen LogP contribution in [0.2, 0.25) is 0 Å². The van der Waals surface area contributed by atoms with E-state index in [9.17, 15) is 9.59 Å². The van der Waals surface area contributed by atoms with Crippen molar-refractivity contribution < 1.29 is 19.1 Å². The molecule has 1 atom stereocenters. The van der Waals surface area contributed by atoms with Gasteiger partial charge in [0, 0.05) is 0 Å². The first-order valence-corrected chi connectivity index (χ1v) is 6.00. The summed E-state index contributed by atoms with van der Waals surface area (Å²) < 4.78 is 10.2. The standard InChI is InChI=1S/C14H19NO4/c1-8-5-9(2)13(10(3)6-8)18-7-12(16)19-11(4)14(15)17/h5-6,11H,7H2,1-4H3,(H2,15,17)/t11-/m0/s1. The van der Waals surface area contributed by atoms with E-state index in [1.807, 2.05) is 32.9 Å². The van der Waals surface area contributed by atoms with Crippen LogP contribution in [0.25, 0.3) is 0 Å². The molecule has 2 N–H and O–H groups in total. The minimum atomic E-state index is -0.948. The number of carbonyl (C=O) groups excluding carboxylic acids is 2. The number of carbonyl (C=O) groups is 2. The van der Waals surface area contributed by atoms with Gasteiger partial charge in [-0.15, -0.1) is 0 Å². The van der Waals surface area contributed by atoms with Crippen LogP contribution < -0.4 is 10.5 Å². The minimum absolute atomic E-state index is 0.248. The second-order valence-corrected chi connectivity index (χ2v) is 4.55. The van der Waals surface area contributed by atoms with Crippen molar-refractivity contribution in [3.05, 3.63) is 28.8 Å². The molecule has 0 saturated heterocycles. The Morgan fingerprint density at radius 3 is 2.21 bits per heavy atom. The molecule has 104 valence electrons. The van der Waals surface area contributed by atoms with Gasteiger partial charge in [0.15, 0.2) is 12.7 Å². The molecule has 1 aromatic carbocycles. The Balaban J connectivity index is 2.63. The Hall–Kier alpha value is -2.04. The van der Waals surface area contributed by atoms with E-state index in [-0.39, 0.29) is 6.61 Å². The molecule has 0 heterocycles. The number of nitrogens with two attached hydrogens (primary N) is 1. The fraction of sp³-hybridized carbons (Fsp3) is 0.429. The highest BCUT2D eigenvalue weighted by Crippen LogP contribution is 2.24. The van der Waals surface area contributed by atoms with Crippen molar-refractivity contribution in [3.8, 4) is 5.75 Å². The average Bonchev–Trinajstić information content (AvgIpc) is 2.27. The van der Waals surface area contributed by atoms with Crippen molar-refractivity contribution in [1.29, 1.82) is 0 Å². The number of ether oxygens (including phenoxy) is 2. The first-order valence-electron chi connectivity index (χ1n) is 6.00. The van der Waals surface area contributed by atoms with E-state index in [1.54, 1.807) is 0 Å². The van der Waals surface area contributed by atoms with Gasteiger partial charge in [0.2, 0.25) is 0 Å². The van der Waals surface area contributed by atoms with Gasteiger partial charge < -0.3 is 15.2 Å². The Morgan fingerprint density at radius 2 is 1.74 bits per heavy atom. The van der Waals surface area contributed by atoms with E-state index in [2.05, 4.69) is 0 Å². The SMILES string of the molecule is Cc1cc(C)c(OCC(=O)O[C@@H](C)C(N)=O)c(C)c1. The molecule has 0 radical (unpaired) electrons. The summed E-state index contributed by atoms with van der Waals surface area (Å²) in [5.41, 5.74) is 8.04. The lowest BCUT2D eigenvalue weighted by Crippen LogP contribution is -2.32. The van der Waals surface area contributed by atoms with Crippen LogP contribution in [0, 0.1) is 20.8 Å². The maximum absolute atomic E-state index is 11.5. The van der Waals surface area contributed by atoms with Crippen LogP contribution in [-0.4, -0.2) is 24.6 Å². The molecule has 5 nitrogen and oxygen atoms in total. The number of hydrogen-bond acceptors (Lipinski definition) is 4. The third-order valence-electron chi connectivity index (χ3n) is 2.65. The van der Waals surface area contributed by atoms with Crippen LogP contribution in [0.4, 0.5) is 0 Å². The number of primary amides is 1. The summed E-state index contributed by atoms with van der Waals surface area (Å²) in [5, 5.41) is 0. The zero-order valence-corrected chi connectivity index (χ0v) is 11.6. The summed E-state index contributed by atoms with van der Waals surface area (Å²) >= 11 is 0. The lowest BCUT2D eigenvalue weighted by atomic mass is 10.1. The molecule has 1 amide bonds. The number of esters is 1. The Labute approximate surface area is 112 Å². The van der Waals surface area contributed by atoms with E-state index in [0.717, 1.165) is 16.7 Å². The molecule has 0 aliphatic heterocycles. The Morgan fingerprint density at radius 1 is 1.21 bits per heavy atom. The van der Waals surface area contributed by atoms with Gasteiger partial charge in [0.25, 0.3) is 5.91 Å². The highest BCUT2D eigenvalue weighted by molar-refractivity contribution is 5.82. The predicted octanol–water partition coefficient (Wildman–Crippen LogP) is 1.41. The van der Waals surface area contributed by atoms with Crippen molar-refractivity contribution in [2.24, 2.45) is 5.73 Å². The van der Waals surface area contributed by atoms with Crippen molar-refractivity contribution in [2.45, 2.75) is 33.8 Å². The molecule has 0 fully saturated rings. The summed E-state index contributed by atoms with van der Waals surface area (Å²) in [7, 11) is 0. The second kappa shape index (κ2) is 6.22. The molecule has 1 aromatic rings. The van der Waals surface area contributed by atoms with Crippen LogP contribution in [0.3, 0.4) is 0 Å². The van der Waals surface area contributed by atoms with Crippen LogP contribution in [-0.2, 0) is 14.3 Å². The maximum atomic E-state index is 11.5. The van der Waals surface area contributed by atoms with E-state index in [1.165, 1.54) is 6.92 Å². The summed E-state index contributed by atoms with van der Waals surface area (Å²) in [6.45, 7) is 6.98. The highest BCUT2D eigenvalue weighted by atomic mass is 16.6. The van der Waals surface area contributed by atoms with Crippen LogP contribution in [0.5, 0.6) is 5.75 Å². The van der Waals surface area contributed by atoms with Gasteiger partial charge in [-0.05, 0) is 38.8 Å². The van der Waals surface area contributed by atoms with E-state index in [0.29, 0.717) is 5.75 Å². The summed E-state index contributed by atoms with van der Waals surface area (Å²) in [6, 6.07) is 3.94. The molecular formula is C14H19NO4. The smallest absolute Gasteiger partial charge is 0.344 e. The molecule has 0 aromatic heterocycles. The molecule has 0 bridgehead atoms. The van der Waals surface area contributed by atoms with Gasteiger partial charge >= 0.3 is 5.97 Å². The lowest BCUT2D eigenvalue weighted by Gasteiger charge is -2.14. The van der Waals surface area contributed by atoms with Crippen LogP contribution >= 0.6 is 0 Å². The van der Waals surface area contributed by atoms with Gasteiger partial charge in [-0.2, -0.15) is 0 Å². The number of hydrogen-bond donors (Lipinski definition) is 1. The number of amides is 1.